The standard InChI is InChI=1S/C16H18N2O3/c1-3-21-16-10-5-4-9-15(16)12(2)17-13-7-6-8-14(11-13)18(19)20/h4-12,17H,3H2,1-2H3. The van der Waals surface area contributed by atoms with Crippen LogP contribution in [-0.2, 0) is 0 Å². The van der Waals surface area contributed by atoms with Crippen LogP contribution in [0.15, 0.2) is 48.5 Å². The molecule has 0 aliphatic heterocycles. The number of nitrogens with one attached hydrogen (secondary N) is 1. The zero-order chi connectivity index (χ0) is 15.2. The first-order valence-corrected chi connectivity index (χ1v) is 6.84. The van der Waals surface area contributed by atoms with Crippen LogP contribution in [0, 0.1) is 10.1 Å². The topological polar surface area (TPSA) is 64.4 Å². The molecule has 1 unspecified atom stereocenters. The second-order valence-corrected chi connectivity index (χ2v) is 4.64. The number of nitro groups is 1. The molecule has 0 bridgehead atoms. The monoisotopic (exact) mass is 286 g/mol. The van der Waals surface area contributed by atoms with Crippen LogP contribution in [0.4, 0.5) is 11.4 Å². The third kappa shape index (κ3) is 3.72. The number of ether oxygens (including phenoxy) is 1. The maximum Gasteiger partial charge on any atom is 0.271 e. The summed E-state index contributed by atoms with van der Waals surface area (Å²) in [7, 11) is 0. The molecule has 1 N–H and O–H groups in total. The molecule has 0 aliphatic rings. The van der Waals surface area contributed by atoms with Gasteiger partial charge in [0, 0.05) is 23.4 Å². The molecule has 2 aromatic rings. The van der Waals surface area contributed by atoms with Crippen LogP contribution >= 0.6 is 0 Å². The summed E-state index contributed by atoms with van der Waals surface area (Å²) >= 11 is 0. The minimum atomic E-state index is -0.399. The Kier molecular flexibility index (Phi) is 4.77. The van der Waals surface area contributed by atoms with Crippen molar-refractivity contribution in [2.45, 2.75) is 19.9 Å². The molecule has 0 saturated carbocycles. The first kappa shape index (κ1) is 14.8. The second kappa shape index (κ2) is 6.74. The normalized spacial score (nSPS) is 11.7. The molecule has 110 valence electrons. The van der Waals surface area contributed by atoms with E-state index in [-0.39, 0.29) is 11.7 Å². The van der Waals surface area contributed by atoms with E-state index in [1.807, 2.05) is 44.2 Å². The van der Waals surface area contributed by atoms with E-state index in [4.69, 9.17) is 4.74 Å². The van der Waals surface area contributed by atoms with Crippen molar-refractivity contribution in [3.05, 3.63) is 64.2 Å². The SMILES string of the molecule is CCOc1ccccc1C(C)Nc1cccc([N+](=O)[O-])c1. The quantitative estimate of drug-likeness (QED) is 0.639. The van der Waals surface area contributed by atoms with Crippen LogP contribution in [0.2, 0.25) is 0 Å². The maximum absolute atomic E-state index is 10.8. The van der Waals surface area contributed by atoms with E-state index in [1.54, 1.807) is 6.07 Å². The van der Waals surface area contributed by atoms with E-state index in [2.05, 4.69) is 5.32 Å². The minimum Gasteiger partial charge on any atom is -0.494 e. The van der Waals surface area contributed by atoms with Crippen LogP contribution in [0.3, 0.4) is 0 Å². The number of para-hydroxylation sites is 1. The molecule has 0 radical (unpaired) electrons. The van der Waals surface area contributed by atoms with Crippen molar-refractivity contribution in [3.8, 4) is 5.75 Å². The highest BCUT2D eigenvalue weighted by Gasteiger charge is 2.12. The largest absolute Gasteiger partial charge is 0.494 e. The summed E-state index contributed by atoms with van der Waals surface area (Å²) in [5, 5.41) is 14.1. The number of benzene rings is 2. The number of non-ortho nitro benzene ring substituents is 1. The molecular weight excluding hydrogens is 268 g/mol. The molecule has 0 spiro atoms. The Balaban J connectivity index is 2.20. The summed E-state index contributed by atoms with van der Waals surface area (Å²) in [6.07, 6.45) is 0. The van der Waals surface area contributed by atoms with Crippen LogP contribution < -0.4 is 10.1 Å². The molecule has 0 aromatic heterocycles. The molecule has 0 fully saturated rings. The first-order chi connectivity index (χ1) is 10.1. The third-order valence-corrected chi connectivity index (χ3v) is 3.13. The third-order valence-electron chi connectivity index (χ3n) is 3.13. The fourth-order valence-electron chi connectivity index (χ4n) is 2.16. The van der Waals surface area contributed by atoms with Gasteiger partial charge in [0.25, 0.3) is 5.69 Å². The highest BCUT2D eigenvalue weighted by Crippen LogP contribution is 2.28. The van der Waals surface area contributed by atoms with Crippen LogP contribution in [0.1, 0.15) is 25.5 Å². The van der Waals surface area contributed by atoms with E-state index in [9.17, 15) is 10.1 Å². The summed E-state index contributed by atoms with van der Waals surface area (Å²) < 4.78 is 5.61. The molecule has 0 heterocycles. The molecule has 1 atom stereocenters. The zero-order valence-electron chi connectivity index (χ0n) is 12.1. The highest BCUT2D eigenvalue weighted by atomic mass is 16.6. The zero-order valence-corrected chi connectivity index (χ0v) is 12.1. The molecular formula is C16H18N2O3. The van der Waals surface area contributed by atoms with E-state index in [1.165, 1.54) is 12.1 Å². The summed E-state index contributed by atoms with van der Waals surface area (Å²) in [6.45, 7) is 4.53. The van der Waals surface area contributed by atoms with Gasteiger partial charge in [0.2, 0.25) is 0 Å². The second-order valence-electron chi connectivity index (χ2n) is 4.64. The molecule has 5 nitrogen and oxygen atoms in total. The molecule has 2 aromatic carbocycles. The predicted octanol–water partition coefficient (Wildman–Crippen LogP) is 4.17. The van der Waals surface area contributed by atoms with Crippen molar-refractivity contribution in [1.82, 2.24) is 0 Å². The molecule has 2 rings (SSSR count). The molecule has 0 saturated heterocycles. The Labute approximate surface area is 123 Å². The van der Waals surface area contributed by atoms with Crippen molar-refractivity contribution in [2.24, 2.45) is 0 Å². The van der Waals surface area contributed by atoms with Crippen molar-refractivity contribution < 1.29 is 9.66 Å². The van der Waals surface area contributed by atoms with Crippen LogP contribution in [-0.4, -0.2) is 11.5 Å². The van der Waals surface area contributed by atoms with E-state index in [0.717, 1.165) is 11.3 Å². The summed E-state index contributed by atoms with van der Waals surface area (Å²) in [6, 6.07) is 14.2. The van der Waals surface area contributed by atoms with Gasteiger partial charge in [-0.1, -0.05) is 24.3 Å². The van der Waals surface area contributed by atoms with E-state index < -0.39 is 4.92 Å². The van der Waals surface area contributed by atoms with Crippen LogP contribution in [0.5, 0.6) is 5.75 Å². The maximum atomic E-state index is 10.8. The Morgan fingerprint density at radius 2 is 2.00 bits per heavy atom. The van der Waals surface area contributed by atoms with Gasteiger partial charge in [-0.05, 0) is 26.0 Å². The fraction of sp³-hybridized carbons (Fsp3) is 0.250. The fourth-order valence-corrected chi connectivity index (χ4v) is 2.16. The van der Waals surface area contributed by atoms with Crippen LogP contribution in [0.25, 0.3) is 0 Å². The summed E-state index contributed by atoms with van der Waals surface area (Å²) in [5.41, 5.74) is 1.80. The molecule has 21 heavy (non-hydrogen) atoms. The van der Waals surface area contributed by atoms with Gasteiger partial charge < -0.3 is 10.1 Å². The average molecular weight is 286 g/mol. The smallest absolute Gasteiger partial charge is 0.271 e. The highest BCUT2D eigenvalue weighted by molar-refractivity contribution is 5.53. The number of hydrogen-bond acceptors (Lipinski definition) is 4. The lowest BCUT2D eigenvalue weighted by Crippen LogP contribution is -2.09. The Morgan fingerprint density at radius 1 is 1.24 bits per heavy atom. The lowest BCUT2D eigenvalue weighted by molar-refractivity contribution is -0.384. The molecule has 0 amide bonds. The number of nitrogens with zero attached hydrogens (tertiary/aromatic N) is 1. The lowest BCUT2D eigenvalue weighted by atomic mass is 10.1. The predicted molar refractivity (Wildman–Crippen MR) is 82.7 cm³/mol. The van der Waals surface area contributed by atoms with Crippen molar-refractivity contribution >= 4 is 11.4 Å². The first-order valence-electron chi connectivity index (χ1n) is 6.84. The van der Waals surface area contributed by atoms with E-state index >= 15 is 0 Å². The Morgan fingerprint density at radius 3 is 2.71 bits per heavy atom. The number of anilines is 1. The number of nitro benzene ring substituents is 1. The van der Waals surface area contributed by atoms with E-state index in [0.29, 0.717) is 12.3 Å². The molecule has 0 aliphatic carbocycles. The van der Waals surface area contributed by atoms with Gasteiger partial charge in [-0.3, -0.25) is 10.1 Å². The minimum absolute atomic E-state index is 0.0187. The van der Waals surface area contributed by atoms with Gasteiger partial charge in [0.05, 0.1) is 17.6 Å². The van der Waals surface area contributed by atoms with Gasteiger partial charge in [0.1, 0.15) is 5.75 Å². The Hall–Kier alpha value is -2.56. The van der Waals surface area contributed by atoms with Gasteiger partial charge in [-0.15, -0.1) is 0 Å². The Bertz CT molecular complexity index is 628. The van der Waals surface area contributed by atoms with Gasteiger partial charge in [-0.2, -0.15) is 0 Å². The number of hydrogen-bond donors (Lipinski definition) is 1. The number of rotatable bonds is 6. The summed E-state index contributed by atoms with van der Waals surface area (Å²) in [5.74, 6) is 0.824. The van der Waals surface area contributed by atoms with Gasteiger partial charge in [0.15, 0.2) is 0 Å². The lowest BCUT2D eigenvalue weighted by Gasteiger charge is -2.18. The van der Waals surface area contributed by atoms with Crippen molar-refractivity contribution in [2.75, 3.05) is 11.9 Å². The van der Waals surface area contributed by atoms with Crippen molar-refractivity contribution in [3.63, 3.8) is 0 Å². The van der Waals surface area contributed by atoms with Gasteiger partial charge in [-0.25, -0.2) is 0 Å². The van der Waals surface area contributed by atoms with Crippen molar-refractivity contribution in [1.29, 1.82) is 0 Å². The average Bonchev–Trinajstić information content (AvgIpc) is 2.48. The van der Waals surface area contributed by atoms with Gasteiger partial charge >= 0.3 is 0 Å². The molecule has 5 heteroatoms. The summed E-state index contributed by atoms with van der Waals surface area (Å²) in [4.78, 5) is 10.4.